The summed E-state index contributed by atoms with van der Waals surface area (Å²) in [5.41, 5.74) is -0.0118. The van der Waals surface area contributed by atoms with Gasteiger partial charge in [-0.1, -0.05) is 25.2 Å². The average Bonchev–Trinajstić information content (AvgIpc) is 2.12. The van der Waals surface area contributed by atoms with Crippen molar-refractivity contribution < 1.29 is 9.90 Å². The fourth-order valence-corrected chi connectivity index (χ4v) is 2.25. The molecule has 0 spiro atoms. The van der Waals surface area contributed by atoms with Gasteiger partial charge in [-0.25, -0.2) is 0 Å². The van der Waals surface area contributed by atoms with Crippen LogP contribution in [0, 0.1) is 11.3 Å². The number of ketones is 1. The first-order chi connectivity index (χ1) is 6.13. The Morgan fingerprint density at radius 1 is 1.54 bits per heavy atom. The topological polar surface area (TPSA) is 37.3 Å². The van der Waals surface area contributed by atoms with E-state index in [-0.39, 0.29) is 17.1 Å². The lowest BCUT2D eigenvalue weighted by Gasteiger charge is -2.41. The Balaban J connectivity index is 2.37. The molecule has 0 aromatic heterocycles. The van der Waals surface area contributed by atoms with Gasteiger partial charge in [0, 0.05) is 5.92 Å². The largest absolute Gasteiger partial charge is 0.385 e. The Bertz CT molecular complexity index is 290. The van der Waals surface area contributed by atoms with Gasteiger partial charge in [-0.05, 0) is 24.3 Å². The second kappa shape index (κ2) is 2.81. The number of rotatable bonds is 0. The molecular weight excluding hydrogens is 164 g/mol. The van der Waals surface area contributed by atoms with Gasteiger partial charge in [-0.3, -0.25) is 4.79 Å². The average molecular weight is 178 g/mol. The maximum atomic E-state index is 11.2. The number of aliphatic hydroxyl groups excluding tert-OH is 1. The minimum Gasteiger partial charge on any atom is -0.385 e. The quantitative estimate of drug-likeness (QED) is 0.570. The van der Waals surface area contributed by atoms with E-state index in [1.54, 1.807) is 0 Å². The van der Waals surface area contributed by atoms with E-state index < -0.39 is 6.10 Å². The summed E-state index contributed by atoms with van der Waals surface area (Å²) < 4.78 is 0. The van der Waals surface area contributed by atoms with E-state index in [0.717, 1.165) is 12.8 Å². The van der Waals surface area contributed by atoms with E-state index in [1.807, 2.05) is 6.08 Å². The lowest BCUT2D eigenvalue weighted by molar-refractivity contribution is -0.128. The zero-order valence-electron chi connectivity index (χ0n) is 7.73. The standard InChI is InChI=1S/C11H14O2/c1-11-6-3-2-4-8(11)10(13)9(12)5-7-11/h2-3,5,7-8,10,13H,4,6H2,1H3/t8-,10?,11+/m1/s1. The summed E-state index contributed by atoms with van der Waals surface area (Å²) in [6.45, 7) is 2.10. The van der Waals surface area contributed by atoms with Crippen LogP contribution in [0.4, 0.5) is 0 Å². The zero-order chi connectivity index (χ0) is 9.47. The fourth-order valence-electron chi connectivity index (χ4n) is 2.25. The minimum atomic E-state index is -0.792. The molecule has 1 unspecified atom stereocenters. The van der Waals surface area contributed by atoms with Crippen LogP contribution in [0.25, 0.3) is 0 Å². The second-order valence-corrected chi connectivity index (χ2v) is 4.20. The van der Waals surface area contributed by atoms with Gasteiger partial charge in [0.05, 0.1) is 0 Å². The van der Waals surface area contributed by atoms with Gasteiger partial charge in [-0.15, -0.1) is 0 Å². The zero-order valence-corrected chi connectivity index (χ0v) is 7.73. The van der Waals surface area contributed by atoms with E-state index in [4.69, 9.17) is 0 Å². The van der Waals surface area contributed by atoms with Crippen LogP contribution in [-0.2, 0) is 4.79 Å². The molecule has 13 heavy (non-hydrogen) atoms. The van der Waals surface area contributed by atoms with E-state index in [0.29, 0.717) is 0 Å². The highest BCUT2D eigenvalue weighted by atomic mass is 16.3. The summed E-state index contributed by atoms with van der Waals surface area (Å²) in [7, 11) is 0. The van der Waals surface area contributed by atoms with E-state index in [9.17, 15) is 9.90 Å². The van der Waals surface area contributed by atoms with Crippen molar-refractivity contribution in [2.24, 2.45) is 11.3 Å². The Morgan fingerprint density at radius 3 is 3.08 bits per heavy atom. The van der Waals surface area contributed by atoms with E-state index in [2.05, 4.69) is 19.1 Å². The van der Waals surface area contributed by atoms with Crippen LogP contribution in [0.3, 0.4) is 0 Å². The van der Waals surface area contributed by atoms with Crippen LogP contribution >= 0.6 is 0 Å². The van der Waals surface area contributed by atoms with Crippen molar-refractivity contribution in [2.75, 3.05) is 0 Å². The highest BCUT2D eigenvalue weighted by molar-refractivity contribution is 5.94. The van der Waals surface area contributed by atoms with Crippen molar-refractivity contribution in [1.29, 1.82) is 0 Å². The first-order valence-corrected chi connectivity index (χ1v) is 4.70. The van der Waals surface area contributed by atoms with Crippen LogP contribution in [0.5, 0.6) is 0 Å². The molecule has 0 aromatic carbocycles. The summed E-state index contributed by atoms with van der Waals surface area (Å²) in [6.07, 6.45) is 8.62. The van der Waals surface area contributed by atoms with Crippen molar-refractivity contribution in [3.63, 3.8) is 0 Å². The molecular formula is C11H14O2. The second-order valence-electron chi connectivity index (χ2n) is 4.20. The maximum Gasteiger partial charge on any atom is 0.184 e. The lowest BCUT2D eigenvalue weighted by atomic mass is 9.64. The van der Waals surface area contributed by atoms with E-state index >= 15 is 0 Å². The molecule has 0 fully saturated rings. The molecule has 2 aliphatic carbocycles. The minimum absolute atomic E-state index is 0.0118. The molecule has 0 saturated carbocycles. The molecule has 2 aliphatic rings. The smallest absolute Gasteiger partial charge is 0.184 e. The van der Waals surface area contributed by atoms with Crippen molar-refractivity contribution in [3.05, 3.63) is 24.3 Å². The Kier molecular flexibility index (Phi) is 1.88. The molecule has 2 heteroatoms. The third kappa shape index (κ3) is 1.25. The summed E-state index contributed by atoms with van der Waals surface area (Å²) >= 11 is 0. The molecule has 0 aromatic rings. The predicted molar refractivity (Wildman–Crippen MR) is 50.1 cm³/mol. The molecule has 0 saturated heterocycles. The van der Waals surface area contributed by atoms with Crippen molar-refractivity contribution in [3.8, 4) is 0 Å². The van der Waals surface area contributed by atoms with Gasteiger partial charge in [0.2, 0.25) is 0 Å². The van der Waals surface area contributed by atoms with Gasteiger partial charge in [0.1, 0.15) is 6.10 Å². The van der Waals surface area contributed by atoms with Crippen LogP contribution in [-0.4, -0.2) is 17.0 Å². The first kappa shape index (κ1) is 8.70. The first-order valence-electron chi connectivity index (χ1n) is 4.70. The van der Waals surface area contributed by atoms with Gasteiger partial charge in [0.25, 0.3) is 0 Å². The number of allylic oxidation sites excluding steroid dienone is 3. The fraction of sp³-hybridized carbons (Fsp3) is 0.545. The van der Waals surface area contributed by atoms with Crippen LogP contribution in [0.2, 0.25) is 0 Å². The molecule has 0 bridgehead atoms. The molecule has 0 amide bonds. The molecule has 70 valence electrons. The normalized spacial score (nSPS) is 43.4. The summed E-state index contributed by atoms with van der Waals surface area (Å²) in [4.78, 5) is 11.2. The molecule has 2 nitrogen and oxygen atoms in total. The van der Waals surface area contributed by atoms with Crippen molar-refractivity contribution in [2.45, 2.75) is 25.9 Å². The molecule has 0 radical (unpaired) electrons. The van der Waals surface area contributed by atoms with Crippen LogP contribution < -0.4 is 0 Å². The number of hydrogen-bond donors (Lipinski definition) is 1. The van der Waals surface area contributed by atoms with Crippen molar-refractivity contribution >= 4 is 5.78 Å². The van der Waals surface area contributed by atoms with Crippen LogP contribution in [0.1, 0.15) is 19.8 Å². The molecule has 0 aliphatic heterocycles. The SMILES string of the molecule is C[C@]12C=CC(=O)C(O)[C@H]1CC=CC2. The number of hydrogen-bond acceptors (Lipinski definition) is 2. The summed E-state index contributed by atoms with van der Waals surface area (Å²) in [5.74, 6) is -0.0622. The third-order valence-electron chi connectivity index (χ3n) is 3.26. The van der Waals surface area contributed by atoms with Crippen LogP contribution in [0.15, 0.2) is 24.3 Å². The van der Waals surface area contributed by atoms with Gasteiger partial charge in [0.15, 0.2) is 5.78 Å². The summed E-state index contributed by atoms with van der Waals surface area (Å²) in [5, 5.41) is 9.70. The molecule has 0 heterocycles. The van der Waals surface area contributed by atoms with Gasteiger partial charge < -0.3 is 5.11 Å². The highest BCUT2D eigenvalue weighted by Crippen LogP contribution is 2.43. The number of aliphatic hydroxyl groups is 1. The summed E-state index contributed by atoms with van der Waals surface area (Å²) in [6, 6.07) is 0. The van der Waals surface area contributed by atoms with Gasteiger partial charge >= 0.3 is 0 Å². The number of carbonyl (C=O) groups is 1. The van der Waals surface area contributed by atoms with Crippen molar-refractivity contribution in [1.82, 2.24) is 0 Å². The molecule has 3 atom stereocenters. The predicted octanol–water partition coefficient (Wildman–Crippen LogP) is 1.46. The monoisotopic (exact) mass is 178 g/mol. The van der Waals surface area contributed by atoms with Gasteiger partial charge in [-0.2, -0.15) is 0 Å². The Labute approximate surface area is 78.0 Å². The molecule has 1 N–H and O–H groups in total. The van der Waals surface area contributed by atoms with E-state index in [1.165, 1.54) is 6.08 Å². The number of fused-ring (bicyclic) bond motifs is 1. The Morgan fingerprint density at radius 2 is 2.31 bits per heavy atom. The maximum absolute atomic E-state index is 11.2. The molecule has 2 rings (SSSR count). The highest BCUT2D eigenvalue weighted by Gasteiger charge is 2.42. The Hall–Kier alpha value is -0.890. The lowest BCUT2D eigenvalue weighted by Crippen LogP contribution is -2.43. The number of carbonyl (C=O) groups excluding carboxylic acids is 1. The third-order valence-corrected chi connectivity index (χ3v) is 3.26.